The molecule has 126 valence electrons. The summed E-state index contributed by atoms with van der Waals surface area (Å²) in [5.74, 6) is 7.78. The van der Waals surface area contributed by atoms with Crippen LogP contribution in [0.3, 0.4) is 0 Å². The second-order valence-electron chi connectivity index (χ2n) is 4.96. The fourth-order valence-electron chi connectivity index (χ4n) is 2.10. The number of benzene rings is 1. The predicted molar refractivity (Wildman–Crippen MR) is 87.1 cm³/mol. The highest BCUT2D eigenvalue weighted by Crippen LogP contribution is 2.25. The molecule has 0 spiro atoms. The van der Waals surface area contributed by atoms with E-state index in [0.717, 1.165) is 0 Å². The Balaban J connectivity index is 1.46. The molecule has 0 aliphatic rings. The van der Waals surface area contributed by atoms with Gasteiger partial charge in [-0.3, -0.25) is 0 Å². The zero-order valence-electron chi connectivity index (χ0n) is 12.7. The lowest BCUT2D eigenvalue weighted by Crippen LogP contribution is -2.11. The molecule has 3 aromatic heterocycles. The summed E-state index contributed by atoms with van der Waals surface area (Å²) in [5, 5.41) is 12.4. The molecule has 0 aliphatic carbocycles. The monoisotopic (exact) mass is 358 g/mol. The average Bonchev–Trinajstić information content (AvgIpc) is 3.34. The molecule has 0 saturated heterocycles. The summed E-state index contributed by atoms with van der Waals surface area (Å²) >= 11 is 1.31. The molecule has 0 amide bonds. The van der Waals surface area contributed by atoms with Crippen molar-refractivity contribution < 1.29 is 13.3 Å². The lowest BCUT2D eigenvalue weighted by atomic mass is 10.2. The molecule has 8 nitrogen and oxygen atoms in total. The first-order valence-corrected chi connectivity index (χ1v) is 8.15. The van der Waals surface area contributed by atoms with Gasteiger partial charge in [0.15, 0.2) is 11.6 Å². The quantitative estimate of drug-likeness (QED) is 0.428. The third-order valence-corrected chi connectivity index (χ3v) is 4.23. The van der Waals surface area contributed by atoms with Crippen molar-refractivity contribution in [1.82, 2.24) is 25.0 Å². The maximum Gasteiger partial charge on any atom is 0.257 e. The number of hydrogen-bond acceptors (Lipinski definition) is 8. The summed E-state index contributed by atoms with van der Waals surface area (Å²) in [6, 6.07) is 9.31. The zero-order valence-corrected chi connectivity index (χ0v) is 13.5. The van der Waals surface area contributed by atoms with Gasteiger partial charge in [-0.1, -0.05) is 16.9 Å². The van der Waals surface area contributed by atoms with Crippen molar-refractivity contribution >= 4 is 11.8 Å². The third-order valence-electron chi connectivity index (χ3n) is 3.30. The van der Waals surface area contributed by atoms with E-state index >= 15 is 0 Å². The second kappa shape index (κ2) is 6.40. The van der Waals surface area contributed by atoms with Gasteiger partial charge >= 0.3 is 0 Å². The Morgan fingerprint density at radius 3 is 2.76 bits per heavy atom. The normalized spacial score (nSPS) is 11.1. The summed E-state index contributed by atoms with van der Waals surface area (Å²) < 4.78 is 24.7. The van der Waals surface area contributed by atoms with E-state index in [0.29, 0.717) is 39.8 Å². The first-order chi connectivity index (χ1) is 12.2. The smallest absolute Gasteiger partial charge is 0.257 e. The van der Waals surface area contributed by atoms with Gasteiger partial charge in [0.2, 0.25) is 11.0 Å². The van der Waals surface area contributed by atoms with Gasteiger partial charge in [0.1, 0.15) is 5.82 Å². The fraction of sp³-hybridized carbons (Fsp3) is 0.0667. The highest BCUT2D eigenvalue weighted by atomic mass is 32.2. The van der Waals surface area contributed by atoms with Crippen LogP contribution < -0.4 is 5.84 Å². The van der Waals surface area contributed by atoms with Gasteiger partial charge in [-0.25, -0.2) is 9.07 Å². The molecule has 0 atom stereocenters. The molecule has 0 bridgehead atoms. The minimum absolute atomic E-state index is 0.320. The maximum absolute atomic E-state index is 13.0. The highest BCUT2D eigenvalue weighted by molar-refractivity contribution is 7.98. The Kier molecular flexibility index (Phi) is 3.94. The second-order valence-corrected chi connectivity index (χ2v) is 5.91. The van der Waals surface area contributed by atoms with Crippen molar-refractivity contribution in [2.45, 2.75) is 10.9 Å². The first kappa shape index (κ1) is 15.4. The van der Waals surface area contributed by atoms with Crippen LogP contribution in [0.5, 0.6) is 0 Å². The number of thioether (sulfide) groups is 1. The van der Waals surface area contributed by atoms with Gasteiger partial charge in [-0.15, -0.1) is 10.2 Å². The molecular formula is C15H11FN6O2S. The van der Waals surface area contributed by atoms with Gasteiger partial charge in [-0.2, -0.15) is 4.98 Å². The van der Waals surface area contributed by atoms with Crippen molar-refractivity contribution in [2.24, 2.45) is 0 Å². The standard InChI is InChI=1S/C15H11FN6O2S/c16-10-5-3-9(4-6-10)14-18-12(21-24-14)8-25-15-20-19-13(22(15)17)11-2-1-7-23-11/h1-7H,8,17H2. The van der Waals surface area contributed by atoms with E-state index in [-0.39, 0.29) is 5.82 Å². The number of nitrogen functional groups attached to an aromatic ring is 1. The van der Waals surface area contributed by atoms with Crippen molar-refractivity contribution in [1.29, 1.82) is 0 Å². The maximum atomic E-state index is 13.0. The predicted octanol–water partition coefficient (Wildman–Crippen LogP) is 2.73. The molecule has 0 radical (unpaired) electrons. The number of halogens is 1. The number of hydrogen-bond donors (Lipinski definition) is 1. The average molecular weight is 358 g/mol. The van der Waals surface area contributed by atoms with E-state index in [4.69, 9.17) is 14.8 Å². The van der Waals surface area contributed by atoms with E-state index in [2.05, 4.69) is 20.3 Å². The Morgan fingerprint density at radius 1 is 1.16 bits per heavy atom. The lowest BCUT2D eigenvalue weighted by Gasteiger charge is -1.99. The van der Waals surface area contributed by atoms with Gasteiger partial charge in [0.05, 0.1) is 12.0 Å². The molecule has 4 rings (SSSR count). The number of nitrogens with zero attached hydrogens (tertiary/aromatic N) is 5. The molecule has 0 aliphatic heterocycles. The summed E-state index contributed by atoms with van der Waals surface area (Å²) in [5.41, 5.74) is 0.646. The number of nitrogens with two attached hydrogens (primary N) is 1. The van der Waals surface area contributed by atoms with Gasteiger partial charge < -0.3 is 14.8 Å². The van der Waals surface area contributed by atoms with Crippen molar-refractivity contribution in [3.05, 3.63) is 54.3 Å². The minimum atomic E-state index is -0.325. The lowest BCUT2D eigenvalue weighted by molar-refractivity contribution is 0.425. The molecule has 0 saturated carbocycles. The Labute approximate surface area is 144 Å². The Hall–Kier alpha value is -3.14. The van der Waals surface area contributed by atoms with Gasteiger partial charge in [-0.05, 0) is 36.4 Å². The van der Waals surface area contributed by atoms with E-state index < -0.39 is 0 Å². The van der Waals surface area contributed by atoms with Crippen LogP contribution in [0.2, 0.25) is 0 Å². The third kappa shape index (κ3) is 3.11. The van der Waals surface area contributed by atoms with Crippen LogP contribution in [0, 0.1) is 5.82 Å². The van der Waals surface area contributed by atoms with E-state index in [9.17, 15) is 4.39 Å². The summed E-state index contributed by atoms with van der Waals surface area (Å²) in [7, 11) is 0. The van der Waals surface area contributed by atoms with Gasteiger partial charge in [0.25, 0.3) is 5.89 Å². The topological polar surface area (TPSA) is 109 Å². The molecular weight excluding hydrogens is 347 g/mol. The molecule has 4 aromatic rings. The minimum Gasteiger partial charge on any atom is -0.461 e. The summed E-state index contributed by atoms with van der Waals surface area (Å²) in [6.45, 7) is 0. The van der Waals surface area contributed by atoms with Crippen molar-refractivity contribution in [3.63, 3.8) is 0 Å². The number of rotatable bonds is 5. The zero-order chi connectivity index (χ0) is 17.2. The Morgan fingerprint density at radius 2 is 2.00 bits per heavy atom. The van der Waals surface area contributed by atoms with Crippen LogP contribution in [-0.4, -0.2) is 25.0 Å². The molecule has 3 heterocycles. The first-order valence-electron chi connectivity index (χ1n) is 7.16. The molecule has 0 fully saturated rings. The summed E-state index contributed by atoms with van der Waals surface area (Å²) in [6.07, 6.45) is 1.53. The van der Waals surface area contributed by atoms with Crippen LogP contribution in [-0.2, 0) is 5.75 Å². The van der Waals surface area contributed by atoms with Crippen LogP contribution in [0.25, 0.3) is 23.0 Å². The SMILES string of the molecule is Nn1c(SCc2noc(-c3ccc(F)cc3)n2)nnc1-c1ccco1. The molecule has 2 N–H and O–H groups in total. The Bertz CT molecular complexity index is 980. The molecule has 0 unspecified atom stereocenters. The van der Waals surface area contributed by atoms with Crippen LogP contribution in [0.4, 0.5) is 4.39 Å². The molecule has 10 heteroatoms. The highest BCUT2D eigenvalue weighted by Gasteiger charge is 2.16. The van der Waals surface area contributed by atoms with Crippen molar-refractivity contribution in [3.8, 4) is 23.0 Å². The van der Waals surface area contributed by atoms with E-state index in [1.54, 1.807) is 24.3 Å². The van der Waals surface area contributed by atoms with Crippen LogP contribution in [0.1, 0.15) is 5.82 Å². The molecule has 1 aromatic carbocycles. The summed E-state index contributed by atoms with van der Waals surface area (Å²) in [4.78, 5) is 4.27. The van der Waals surface area contributed by atoms with Crippen LogP contribution in [0.15, 0.2) is 56.8 Å². The molecule has 25 heavy (non-hydrogen) atoms. The van der Waals surface area contributed by atoms with E-state index in [1.807, 2.05) is 0 Å². The fourth-order valence-corrected chi connectivity index (χ4v) is 2.80. The number of furan rings is 1. The van der Waals surface area contributed by atoms with Crippen LogP contribution >= 0.6 is 11.8 Å². The number of aromatic nitrogens is 5. The van der Waals surface area contributed by atoms with Gasteiger partial charge in [0, 0.05) is 5.56 Å². The van der Waals surface area contributed by atoms with E-state index in [1.165, 1.54) is 34.8 Å². The largest absolute Gasteiger partial charge is 0.461 e. The van der Waals surface area contributed by atoms with Crippen molar-refractivity contribution in [2.75, 3.05) is 5.84 Å².